The third-order valence-electron chi connectivity index (χ3n) is 0.367. The van der Waals surface area contributed by atoms with Gasteiger partial charge < -0.3 is 0 Å². The van der Waals surface area contributed by atoms with E-state index in [1.165, 1.54) is 0 Å². The van der Waals surface area contributed by atoms with E-state index in [2.05, 4.69) is 15.9 Å². The average Bonchev–Trinajstić information content (AvgIpc) is 1.62. The number of halogens is 5. The van der Waals surface area contributed by atoms with Crippen LogP contribution in [0.1, 0.15) is 0 Å². The van der Waals surface area contributed by atoms with Crippen LogP contribution in [-0.2, 0) is 0 Å². The van der Waals surface area contributed by atoms with Crippen molar-refractivity contribution in [3.05, 3.63) is 10.8 Å². The Hall–Kier alpha value is -0.0600. The molecule has 0 radical (unpaired) electrons. The van der Waals surface area contributed by atoms with Gasteiger partial charge in [-0.25, -0.2) is 4.39 Å². The van der Waals surface area contributed by atoms with Gasteiger partial charge in [-0.2, -0.15) is 13.2 Å². The fourth-order valence-electron chi connectivity index (χ4n) is 0.0619. The van der Waals surface area contributed by atoms with Crippen molar-refractivity contribution in [1.82, 2.24) is 0 Å². The van der Waals surface area contributed by atoms with Crippen LogP contribution in [0.4, 0.5) is 17.6 Å². The van der Waals surface area contributed by atoms with Gasteiger partial charge in [-0.3, -0.25) is 0 Å². The normalized spacial score (nSPS) is 14.4. The van der Waals surface area contributed by atoms with Crippen LogP contribution in [-0.4, -0.2) is 6.18 Å². The summed E-state index contributed by atoms with van der Waals surface area (Å²) >= 11 is 2.19. The Morgan fingerprint density at radius 3 is 1.75 bits per heavy atom. The highest BCUT2D eigenvalue weighted by Gasteiger charge is 2.33. The minimum absolute atomic E-state index is 0.188. The van der Waals surface area contributed by atoms with E-state index in [0.717, 1.165) is 0 Å². The summed E-state index contributed by atoms with van der Waals surface area (Å²) in [6.07, 6.45) is -4.84. The van der Waals surface area contributed by atoms with Gasteiger partial charge in [-0.15, -0.1) is 0 Å². The maximum atomic E-state index is 11.3. The number of hydrogen-bond donors (Lipinski definition) is 0. The Labute approximate surface area is 51.3 Å². The molecule has 0 aromatic rings. The molecule has 0 aliphatic carbocycles. The SMILES string of the molecule is F/C(=C\Br)C(F)(F)F. The number of rotatable bonds is 0. The molecule has 0 rings (SSSR count). The molecule has 0 saturated heterocycles. The lowest BCUT2D eigenvalue weighted by Gasteiger charge is -1.98. The minimum atomic E-state index is -4.84. The zero-order chi connectivity index (χ0) is 6.78. The van der Waals surface area contributed by atoms with Gasteiger partial charge in [0.15, 0.2) is 0 Å². The fourth-order valence-corrected chi connectivity index (χ4v) is 0.321. The number of hydrogen-bond acceptors (Lipinski definition) is 0. The first-order valence-electron chi connectivity index (χ1n) is 1.51. The highest BCUT2D eigenvalue weighted by molar-refractivity contribution is 9.11. The molecule has 0 fully saturated rings. The molecule has 0 amide bonds. The van der Waals surface area contributed by atoms with Crippen molar-refractivity contribution in [1.29, 1.82) is 0 Å². The quantitative estimate of drug-likeness (QED) is 0.518. The summed E-state index contributed by atoms with van der Waals surface area (Å²) in [6.45, 7) is 0. The number of alkyl halides is 3. The molecule has 5 heteroatoms. The van der Waals surface area contributed by atoms with Crippen molar-refractivity contribution < 1.29 is 17.6 Å². The van der Waals surface area contributed by atoms with Gasteiger partial charge in [0.2, 0.25) is 5.83 Å². The van der Waals surface area contributed by atoms with Crippen LogP contribution in [0.5, 0.6) is 0 Å². The third-order valence-corrected chi connectivity index (χ3v) is 0.769. The summed E-state index contributed by atoms with van der Waals surface area (Å²) in [5.74, 6) is -2.13. The molecule has 0 aliphatic heterocycles. The van der Waals surface area contributed by atoms with Gasteiger partial charge in [0.1, 0.15) is 0 Å². The summed E-state index contributed by atoms with van der Waals surface area (Å²) < 4.78 is 44.3. The molecule has 0 saturated carbocycles. The molecule has 0 aromatic heterocycles. The summed E-state index contributed by atoms with van der Waals surface area (Å²) in [6, 6.07) is 0. The second-order valence-corrected chi connectivity index (χ2v) is 1.41. The molecular weight excluding hydrogens is 192 g/mol. The van der Waals surface area contributed by atoms with E-state index < -0.39 is 12.0 Å². The van der Waals surface area contributed by atoms with Gasteiger partial charge in [-0.1, -0.05) is 15.9 Å². The average molecular weight is 193 g/mol. The zero-order valence-corrected chi connectivity index (χ0v) is 5.05. The van der Waals surface area contributed by atoms with Crippen molar-refractivity contribution in [3.8, 4) is 0 Å². The minimum Gasteiger partial charge on any atom is -0.201 e. The Kier molecular flexibility index (Phi) is 2.46. The zero-order valence-electron chi connectivity index (χ0n) is 3.47. The standard InChI is InChI=1S/C3HBrF4/c4-1-2(5)3(6,7)8/h1H/b2-1-. The highest BCUT2D eigenvalue weighted by atomic mass is 79.9. The maximum Gasteiger partial charge on any atom is 0.443 e. The first-order valence-corrected chi connectivity index (χ1v) is 2.43. The topological polar surface area (TPSA) is 0 Å². The summed E-state index contributed by atoms with van der Waals surface area (Å²) in [4.78, 5) is 0.188. The molecule has 0 atom stereocenters. The first-order chi connectivity index (χ1) is 3.48. The molecule has 0 nitrogen and oxygen atoms in total. The predicted molar refractivity (Wildman–Crippen MR) is 24.2 cm³/mol. The lowest BCUT2D eigenvalue weighted by atomic mass is 10.6. The van der Waals surface area contributed by atoms with E-state index in [1.807, 2.05) is 0 Å². The second-order valence-electron chi connectivity index (χ2n) is 0.955. The van der Waals surface area contributed by atoms with Gasteiger partial charge in [-0.05, 0) is 0 Å². The predicted octanol–water partition coefficient (Wildman–Crippen LogP) is 2.75. The van der Waals surface area contributed by atoms with Gasteiger partial charge >= 0.3 is 6.18 Å². The van der Waals surface area contributed by atoms with Crippen LogP contribution in [0, 0.1) is 0 Å². The molecule has 0 aromatic carbocycles. The first kappa shape index (κ1) is 7.94. The van der Waals surface area contributed by atoms with Crippen LogP contribution < -0.4 is 0 Å². The van der Waals surface area contributed by atoms with E-state index in [0.29, 0.717) is 0 Å². The summed E-state index contributed by atoms with van der Waals surface area (Å²) in [5, 5.41) is 0. The largest absolute Gasteiger partial charge is 0.443 e. The van der Waals surface area contributed by atoms with Crippen molar-refractivity contribution in [2.75, 3.05) is 0 Å². The van der Waals surface area contributed by atoms with Crippen LogP contribution in [0.25, 0.3) is 0 Å². The van der Waals surface area contributed by atoms with Crippen molar-refractivity contribution in [2.24, 2.45) is 0 Å². The molecule has 0 bridgehead atoms. The van der Waals surface area contributed by atoms with Crippen LogP contribution in [0.15, 0.2) is 10.8 Å². The van der Waals surface area contributed by atoms with E-state index in [-0.39, 0.29) is 4.99 Å². The van der Waals surface area contributed by atoms with Gasteiger partial charge in [0.05, 0.1) is 0 Å². The molecule has 0 unspecified atom stereocenters. The van der Waals surface area contributed by atoms with Crippen molar-refractivity contribution >= 4 is 15.9 Å². The number of allylic oxidation sites excluding steroid dienone is 1. The van der Waals surface area contributed by atoms with Gasteiger partial charge in [0, 0.05) is 4.99 Å². The third kappa shape index (κ3) is 2.30. The Balaban J connectivity index is 4.03. The molecule has 48 valence electrons. The Morgan fingerprint density at radius 1 is 1.38 bits per heavy atom. The van der Waals surface area contributed by atoms with E-state index in [1.54, 1.807) is 0 Å². The maximum absolute atomic E-state index is 11.3. The highest BCUT2D eigenvalue weighted by Crippen LogP contribution is 2.26. The lowest BCUT2D eigenvalue weighted by molar-refractivity contribution is -0.108. The lowest BCUT2D eigenvalue weighted by Crippen LogP contribution is -2.06. The molecule has 8 heavy (non-hydrogen) atoms. The molecule has 0 spiro atoms. The molecule has 0 N–H and O–H groups in total. The summed E-state index contributed by atoms with van der Waals surface area (Å²) in [7, 11) is 0. The Bertz CT molecular complexity index is 102. The monoisotopic (exact) mass is 192 g/mol. The van der Waals surface area contributed by atoms with Crippen LogP contribution >= 0.6 is 15.9 Å². The van der Waals surface area contributed by atoms with Crippen LogP contribution in [0.3, 0.4) is 0 Å². The van der Waals surface area contributed by atoms with Crippen molar-refractivity contribution in [2.45, 2.75) is 6.18 Å². The molecular formula is C3HBrF4. The van der Waals surface area contributed by atoms with E-state index in [4.69, 9.17) is 0 Å². The smallest absolute Gasteiger partial charge is 0.201 e. The van der Waals surface area contributed by atoms with Crippen molar-refractivity contribution in [3.63, 3.8) is 0 Å². The fraction of sp³-hybridized carbons (Fsp3) is 0.333. The van der Waals surface area contributed by atoms with Crippen LogP contribution in [0.2, 0.25) is 0 Å². The summed E-state index contributed by atoms with van der Waals surface area (Å²) in [5.41, 5.74) is 0. The second kappa shape index (κ2) is 2.48. The molecule has 0 aliphatic rings. The van der Waals surface area contributed by atoms with E-state index >= 15 is 0 Å². The van der Waals surface area contributed by atoms with E-state index in [9.17, 15) is 17.6 Å². The van der Waals surface area contributed by atoms with Gasteiger partial charge in [0.25, 0.3) is 0 Å². The molecule has 0 heterocycles. The Morgan fingerprint density at radius 2 is 1.75 bits per heavy atom.